The van der Waals surface area contributed by atoms with E-state index < -0.39 is 0 Å². The fraction of sp³-hybridized carbons (Fsp3) is 0.833. The number of carbonyl (C=O) groups excluding carboxylic acids is 2. The number of fused-ring (bicyclic) bond motifs is 1. The minimum atomic E-state index is 0.0199. The van der Waals surface area contributed by atoms with Crippen LogP contribution in [0.1, 0.15) is 32.6 Å². The molecule has 2 unspecified atom stereocenters. The highest BCUT2D eigenvalue weighted by molar-refractivity contribution is 5.82. The van der Waals surface area contributed by atoms with Crippen LogP contribution in [0.3, 0.4) is 0 Å². The van der Waals surface area contributed by atoms with Crippen molar-refractivity contribution in [3.63, 3.8) is 0 Å². The van der Waals surface area contributed by atoms with Gasteiger partial charge < -0.3 is 10.6 Å². The molecule has 0 aromatic rings. The molecular weight excluding hydrogens is 218 g/mol. The number of nitrogens with one attached hydrogen (secondary N) is 2. The average molecular weight is 239 g/mol. The smallest absolute Gasteiger partial charge is 0.234 e. The first-order chi connectivity index (χ1) is 8.20. The second-order valence-corrected chi connectivity index (χ2v) is 4.88. The summed E-state index contributed by atoms with van der Waals surface area (Å²) in [6.45, 7) is 3.26. The number of likely N-dealkylation sites (N-methyl/N-ethyl adjacent to an activating group) is 1. The molecule has 0 radical (unpaired) electrons. The highest BCUT2D eigenvalue weighted by atomic mass is 16.2. The molecule has 5 nitrogen and oxygen atoms in total. The molecule has 1 aliphatic heterocycles. The molecule has 1 heterocycles. The number of hydrogen-bond donors (Lipinski definition) is 2. The highest BCUT2D eigenvalue weighted by Gasteiger charge is 2.36. The fourth-order valence-electron chi connectivity index (χ4n) is 2.88. The third kappa shape index (κ3) is 2.97. The number of piperazine rings is 1. The lowest BCUT2D eigenvalue weighted by molar-refractivity contribution is -0.131. The van der Waals surface area contributed by atoms with Crippen molar-refractivity contribution in [3.8, 4) is 0 Å². The largest absolute Gasteiger partial charge is 0.355 e. The van der Waals surface area contributed by atoms with Gasteiger partial charge in [0.1, 0.15) is 0 Å². The van der Waals surface area contributed by atoms with Crippen LogP contribution >= 0.6 is 0 Å². The van der Waals surface area contributed by atoms with Crippen LogP contribution < -0.4 is 10.6 Å². The summed E-state index contributed by atoms with van der Waals surface area (Å²) in [5.74, 6) is 0.0731. The van der Waals surface area contributed by atoms with Crippen LogP contribution in [0.2, 0.25) is 0 Å². The molecule has 2 atom stereocenters. The lowest BCUT2D eigenvalue weighted by atomic mass is 9.87. The SMILES string of the molecule is CCNC(=O)CN1CC(=O)NC2CCCCC21. The summed E-state index contributed by atoms with van der Waals surface area (Å²) < 4.78 is 0. The van der Waals surface area contributed by atoms with E-state index in [1.165, 1.54) is 12.8 Å². The molecule has 2 aliphatic rings. The van der Waals surface area contributed by atoms with Crippen molar-refractivity contribution in [2.45, 2.75) is 44.7 Å². The summed E-state index contributed by atoms with van der Waals surface area (Å²) >= 11 is 0. The normalized spacial score (nSPS) is 29.4. The van der Waals surface area contributed by atoms with Crippen molar-refractivity contribution in [1.29, 1.82) is 0 Å². The van der Waals surface area contributed by atoms with Crippen molar-refractivity contribution in [2.24, 2.45) is 0 Å². The quantitative estimate of drug-likeness (QED) is 0.721. The summed E-state index contributed by atoms with van der Waals surface area (Å²) in [6.07, 6.45) is 4.51. The number of amides is 2. The van der Waals surface area contributed by atoms with E-state index in [0.29, 0.717) is 25.7 Å². The third-order valence-corrected chi connectivity index (χ3v) is 3.61. The molecule has 2 rings (SSSR count). The molecule has 96 valence electrons. The Bertz CT molecular complexity index is 306. The van der Waals surface area contributed by atoms with Gasteiger partial charge in [-0.2, -0.15) is 0 Å². The lowest BCUT2D eigenvalue weighted by Crippen LogP contribution is -2.62. The first-order valence-corrected chi connectivity index (χ1v) is 6.51. The van der Waals surface area contributed by atoms with Crippen molar-refractivity contribution >= 4 is 11.8 Å². The lowest BCUT2D eigenvalue weighted by Gasteiger charge is -2.43. The van der Waals surface area contributed by atoms with Crippen molar-refractivity contribution in [3.05, 3.63) is 0 Å². The Morgan fingerprint density at radius 2 is 2.24 bits per heavy atom. The zero-order valence-corrected chi connectivity index (χ0v) is 10.4. The number of rotatable bonds is 3. The molecule has 0 aromatic heterocycles. The van der Waals surface area contributed by atoms with Crippen LogP contribution in [0.5, 0.6) is 0 Å². The number of carbonyl (C=O) groups is 2. The van der Waals surface area contributed by atoms with E-state index >= 15 is 0 Å². The second kappa shape index (κ2) is 5.49. The van der Waals surface area contributed by atoms with Crippen LogP contribution in [0.15, 0.2) is 0 Å². The van der Waals surface area contributed by atoms with E-state index in [-0.39, 0.29) is 17.9 Å². The minimum absolute atomic E-state index is 0.0199. The van der Waals surface area contributed by atoms with Crippen LogP contribution in [0.4, 0.5) is 0 Å². The molecule has 1 saturated carbocycles. The van der Waals surface area contributed by atoms with Crippen molar-refractivity contribution in [1.82, 2.24) is 15.5 Å². The standard InChI is InChI=1S/C12H21N3O2/c1-2-13-11(16)7-15-8-12(17)14-9-5-3-4-6-10(9)15/h9-10H,2-8H2,1H3,(H,13,16)(H,14,17). The van der Waals surface area contributed by atoms with E-state index in [0.717, 1.165) is 12.8 Å². The molecule has 1 saturated heterocycles. The van der Waals surface area contributed by atoms with E-state index in [2.05, 4.69) is 10.6 Å². The topological polar surface area (TPSA) is 61.4 Å². The van der Waals surface area contributed by atoms with Crippen LogP contribution in [-0.2, 0) is 9.59 Å². The van der Waals surface area contributed by atoms with Gasteiger partial charge in [0.15, 0.2) is 0 Å². The third-order valence-electron chi connectivity index (χ3n) is 3.61. The van der Waals surface area contributed by atoms with E-state index in [1.54, 1.807) is 0 Å². The van der Waals surface area contributed by atoms with Crippen LogP contribution in [0, 0.1) is 0 Å². The highest BCUT2D eigenvalue weighted by Crippen LogP contribution is 2.25. The Hall–Kier alpha value is -1.10. The molecule has 0 aromatic carbocycles. The molecule has 2 amide bonds. The van der Waals surface area contributed by atoms with Crippen molar-refractivity contribution in [2.75, 3.05) is 19.6 Å². The first kappa shape index (κ1) is 12.4. The molecule has 0 spiro atoms. The van der Waals surface area contributed by atoms with E-state index in [4.69, 9.17) is 0 Å². The van der Waals surface area contributed by atoms with E-state index in [9.17, 15) is 9.59 Å². The van der Waals surface area contributed by atoms with Gasteiger partial charge in [-0.1, -0.05) is 12.8 Å². The second-order valence-electron chi connectivity index (χ2n) is 4.88. The summed E-state index contributed by atoms with van der Waals surface area (Å²) in [6, 6.07) is 0.600. The summed E-state index contributed by atoms with van der Waals surface area (Å²) in [5.41, 5.74) is 0. The Morgan fingerprint density at radius 3 is 3.00 bits per heavy atom. The Labute approximate surface area is 102 Å². The molecule has 5 heteroatoms. The first-order valence-electron chi connectivity index (χ1n) is 6.51. The van der Waals surface area contributed by atoms with Crippen LogP contribution in [0.25, 0.3) is 0 Å². The molecule has 17 heavy (non-hydrogen) atoms. The number of nitrogens with zero attached hydrogens (tertiary/aromatic N) is 1. The van der Waals surface area contributed by atoms with Gasteiger partial charge in [-0.05, 0) is 19.8 Å². The van der Waals surface area contributed by atoms with E-state index in [1.807, 2.05) is 11.8 Å². The minimum Gasteiger partial charge on any atom is -0.355 e. The summed E-state index contributed by atoms with van der Waals surface area (Å²) in [5, 5.41) is 5.83. The van der Waals surface area contributed by atoms with Gasteiger partial charge in [-0.3, -0.25) is 14.5 Å². The fourth-order valence-corrected chi connectivity index (χ4v) is 2.88. The van der Waals surface area contributed by atoms with Gasteiger partial charge in [-0.15, -0.1) is 0 Å². The van der Waals surface area contributed by atoms with Crippen LogP contribution in [-0.4, -0.2) is 48.4 Å². The van der Waals surface area contributed by atoms with Gasteiger partial charge in [-0.25, -0.2) is 0 Å². The van der Waals surface area contributed by atoms with Gasteiger partial charge in [0.05, 0.1) is 13.1 Å². The predicted octanol–water partition coefficient (Wildman–Crippen LogP) is -0.134. The zero-order chi connectivity index (χ0) is 12.3. The molecule has 2 fully saturated rings. The Kier molecular flexibility index (Phi) is 3.99. The summed E-state index contributed by atoms with van der Waals surface area (Å²) in [7, 11) is 0. The maximum Gasteiger partial charge on any atom is 0.234 e. The van der Waals surface area contributed by atoms with Gasteiger partial charge in [0.25, 0.3) is 0 Å². The Balaban J connectivity index is 1.98. The van der Waals surface area contributed by atoms with Gasteiger partial charge in [0.2, 0.25) is 11.8 Å². The summed E-state index contributed by atoms with van der Waals surface area (Å²) in [4.78, 5) is 25.2. The number of hydrogen-bond acceptors (Lipinski definition) is 3. The van der Waals surface area contributed by atoms with Gasteiger partial charge >= 0.3 is 0 Å². The van der Waals surface area contributed by atoms with Crippen molar-refractivity contribution < 1.29 is 9.59 Å². The average Bonchev–Trinajstić information content (AvgIpc) is 2.29. The molecule has 0 bridgehead atoms. The Morgan fingerprint density at radius 1 is 1.47 bits per heavy atom. The molecule has 2 N–H and O–H groups in total. The van der Waals surface area contributed by atoms with Gasteiger partial charge in [0, 0.05) is 18.6 Å². The predicted molar refractivity (Wildman–Crippen MR) is 64.4 cm³/mol. The maximum absolute atomic E-state index is 11.6. The zero-order valence-electron chi connectivity index (χ0n) is 10.4. The monoisotopic (exact) mass is 239 g/mol. The molecular formula is C12H21N3O2. The maximum atomic E-state index is 11.6. The molecule has 1 aliphatic carbocycles.